The first-order valence-electron chi connectivity index (χ1n) is 10.2. The summed E-state index contributed by atoms with van der Waals surface area (Å²) in [6.07, 6.45) is 3.12. The van der Waals surface area contributed by atoms with Crippen LogP contribution in [-0.2, 0) is 15.9 Å². The van der Waals surface area contributed by atoms with Crippen molar-refractivity contribution in [2.24, 2.45) is 11.3 Å². The number of likely N-dealkylation sites (tertiary alicyclic amines) is 2. The molecular formula is C22H34N2O3. The van der Waals surface area contributed by atoms with Gasteiger partial charge in [0, 0.05) is 58.4 Å². The summed E-state index contributed by atoms with van der Waals surface area (Å²) in [7, 11) is 3.56. The molecule has 1 amide bonds. The average molecular weight is 375 g/mol. The van der Waals surface area contributed by atoms with E-state index in [0.29, 0.717) is 5.92 Å². The Morgan fingerprint density at radius 3 is 2.44 bits per heavy atom. The van der Waals surface area contributed by atoms with E-state index in [-0.39, 0.29) is 11.3 Å². The molecule has 2 saturated heterocycles. The summed E-state index contributed by atoms with van der Waals surface area (Å²) in [5, 5.41) is 0. The molecule has 5 heteroatoms. The van der Waals surface area contributed by atoms with Crippen molar-refractivity contribution in [2.75, 3.05) is 60.2 Å². The van der Waals surface area contributed by atoms with Gasteiger partial charge in [-0.05, 0) is 42.4 Å². The molecule has 2 heterocycles. The SMILES string of the molecule is CCc1ccc(C(=O)N2CCC3(CC2)CN(CCOC)C[C@@H]3COC)cc1. The molecule has 3 rings (SSSR count). The number of aryl methyl sites for hydroxylation is 1. The van der Waals surface area contributed by atoms with Crippen molar-refractivity contribution in [1.29, 1.82) is 0 Å². The third-order valence-electron chi connectivity index (χ3n) is 6.52. The van der Waals surface area contributed by atoms with Crippen LogP contribution in [0.1, 0.15) is 35.7 Å². The number of carbonyl (C=O) groups excluding carboxylic acids is 1. The number of nitrogens with zero attached hydrogens (tertiary/aromatic N) is 2. The maximum atomic E-state index is 12.9. The molecule has 1 aromatic rings. The molecule has 150 valence electrons. The number of benzene rings is 1. The minimum absolute atomic E-state index is 0.171. The van der Waals surface area contributed by atoms with Gasteiger partial charge in [0.05, 0.1) is 13.2 Å². The zero-order valence-corrected chi connectivity index (χ0v) is 17.1. The Hall–Kier alpha value is -1.43. The predicted octanol–water partition coefficient (Wildman–Crippen LogP) is 2.70. The fourth-order valence-corrected chi connectivity index (χ4v) is 4.75. The van der Waals surface area contributed by atoms with Gasteiger partial charge in [-0.1, -0.05) is 19.1 Å². The largest absolute Gasteiger partial charge is 0.384 e. The number of carbonyl (C=O) groups is 1. The number of methoxy groups -OCH3 is 2. The highest BCUT2D eigenvalue weighted by molar-refractivity contribution is 5.94. The van der Waals surface area contributed by atoms with Gasteiger partial charge in [-0.15, -0.1) is 0 Å². The number of piperidine rings is 1. The molecule has 1 atom stereocenters. The van der Waals surface area contributed by atoms with Crippen LogP contribution in [0.5, 0.6) is 0 Å². The van der Waals surface area contributed by atoms with Crippen molar-refractivity contribution < 1.29 is 14.3 Å². The van der Waals surface area contributed by atoms with Crippen LogP contribution in [0.25, 0.3) is 0 Å². The molecule has 0 aliphatic carbocycles. The van der Waals surface area contributed by atoms with Crippen LogP contribution >= 0.6 is 0 Å². The van der Waals surface area contributed by atoms with Gasteiger partial charge < -0.3 is 19.3 Å². The summed E-state index contributed by atoms with van der Waals surface area (Å²) in [6.45, 7) is 8.53. The van der Waals surface area contributed by atoms with Gasteiger partial charge >= 0.3 is 0 Å². The molecule has 0 unspecified atom stereocenters. The number of hydrogen-bond donors (Lipinski definition) is 0. The van der Waals surface area contributed by atoms with Gasteiger partial charge in [-0.2, -0.15) is 0 Å². The standard InChI is InChI=1S/C22H34N2O3/c1-4-18-5-7-19(8-6-18)21(25)24-11-9-22(10-12-24)17-23(13-14-26-2)15-20(22)16-27-3/h5-8,20H,4,9-17H2,1-3H3/t20-/m1/s1. The number of rotatable bonds is 7. The highest BCUT2D eigenvalue weighted by Gasteiger charge is 2.48. The molecule has 27 heavy (non-hydrogen) atoms. The molecule has 0 radical (unpaired) electrons. The van der Waals surface area contributed by atoms with Gasteiger partial charge in [0.15, 0.2) is 0 Å². The lowest BCUT2D eigenvalue weighted by Gasteiger charge is -2.42. The van der Waals surface area contributed by atoms with E-state index in [4.69, 9.17) is 9.47 Å². The van der Waals surface area contributed by atoms with E-state index in [9.17, 15) is 4.79 Å². The van der Waals surface area contributed by atoms with Gasteiger partial charge in [0.1, 0.15) is 0 Å². The van der Waals surface area contributed by atoms with Gasteiger partial charge in [-0.3, -0.25) is 4.79 Å². The molecule has 2 aliphatic rings. The van der Waals surface area contributed by atoms with Gasteiger partial charge in [0.2, 0.25) is 0 Å². The van der Waals surface area contributed by atoms with E-state index < -0.39 is 0 Å². The Bertz CT molecular complexity index is 608. The monoisotopic (exact) mass is 374 g/mol. The smallest absolute Gasteiger partial charge is 0.253 e. The molecule has 2 aliphatic heterocycles. The third-order valence-corrected chi connectivity index (χ3v) is 6.52. The zero-order valence-electron chi connectivity index (χ0n) is 17.1. The van der Waals surface area contributed by atoms with Crippen molar-refractivity contribution in [2.45, 2.75) is 26.2 Å². The van der Waals surface area contributed by atoms with Gasteiger partial charge in [0.25, 0.3) is 5.91 Å². The lowest BCUT2D eigenvalue weighted by atomic mass is 9.71. The first-order valence-corrected chi connectivity index (χ1v) is 10.2. The Labute approximate surface area is 163 Å². The second-order valence-electron chi connectivity index (χ2n) is 8.09. The predicted molar refractivity (Wildman–Crippen MR) is 107 cm³/mol. The minimum Gasteiger partial charge on any atom is -0.384 e. The van der Waals surface area contributed by atoms with Crippen molar-refractivity contribution >= 4 is 5.91 Å². The highest BCUT2D eigenvalue weighted by atomic mass is 16.5. The molecule has 0 N–H and O–H groups in total. The van der Waals surface area contributed by atoms with Crippen molar-refractivity contribution in [3.63, 3.8) is 0 Å². The van der Waals surface area contributed by atoms with Crippen LogP contribution in [0.4, 0.5) is 0 Å². The molecule has 5 nitrogen and oxygen atoms in total. The second kappa shape index (κ2) is 9.18. The second-order valence-corrected chi connectivity index (χ2v) is 8.09. The number of amides is 1. The van der Waals surface area contributed by atoms with E-state index in [1.54, 1.807) is 14.2 Å². The molecule has 2 fully saturated rings. The topological polar surface area (TPSA) is 42.0 Å². The molecule has 1 spiro atoms. The maximum Gasteiger partial charge on any atom is 0.253 e. The van der Waals surface area contributed by atoms with E-state index in [0.717, 1.165) is 70.8 Å². The summed E-state index contributed by atoms with van der Waals surface area (Å²) in [4.78, 5) is 17.4. The first-order chi connectivity index (χ1) is 13.1. The Balaban J connectivity index is 1.62. The lowest BCUT2D eigenvalue weighted by Crippen LogP contribution is -2.47. The zero-order chi connectivity index (χ0) is 19.3. The molecule has 0 bridgehead atoms. The van der Waals surface area contributed by atoms with Crippen LogP contribution in [-0.4, -0.2) is 75.9 Å². The van der Waals surface area contributed by atoms with Crippen LogP contribution < -0.4 is 0 Å². The summed E-state index contributed by atoms with van der Waals surface area (Å²) in [5.41, 5.74) is 2.35. The minimum atomic E-state index is 0.171. The van der Waals surface area contributed by atoms with E-state index in [1.807, 2.05) is 17.0 Å². The summed E-state index contributed by atoms with van der Waals surface area (Å²) in [5.74, 6) is 0.713. The summed E-state index contributed by atoms with van der Waals surface area (Å²) < 4.78 is 10.8. The van der Waals surface area contributed by atoms with Crippen LogP contribution in [0.15, 0.2) is 24.3 Å². The normalized spacial score (nSPS) is 22.5. The Morgan fingerprint density at radius 1 is 1.15 bits per heavy atom. The van der Waals surface area contributed by atoms with E-state index in [1.165, 1.54) is 5.56 Å². The molecule has 0 aromatic heterocycles. The summed E-state index contributed by atoms with van der Waals surface area (Å²) >= 11 is 0. The fourth-order valence-electron chi connectivity index (χ4n) is 4.75. The lowest BCUT2D eigenvalue weighted by molar-refractivity contribution is 0.0321. The van der Waals surface area contributed by atoms with Crippen LogP contribution in [0.3, 0.4) is 0 Å². The molecular weight excluding hydrogens is 340 g/mol. The van der Waals surface area contributed by atoms with E-state index >= 15 is 0 Å². The highest BCUT2D eigenvalue weighted by Crippen LogP contribution is 2.44. The Kier molecular flexibility index (Phi) is 6.90. The van der Waals surface area contributed by atoms with Crippen molar-refractivity contribution in [3.05, 3.63) is 35.4 Å². The van der Waals surface area contributed by atoms with Crippen molar-refractivity contribution in [1.82, 2.24) is 9.80 Å². The third kappa shape index (κ3) is 4.53. The van der Waals surface area contributed by atoms with Crippen LogP contribution in [0, 0.1) is 11.3 Å². The quantitative estimate of drug-likeness (QED) is 0.736. The first kappa shape index (κ1) is 20.3. The average Bonchev–Trinajstić information content (AvgIpc) is 3.03. The maximum absolute atomic E-state index is 12.9. The van der Waals surface area contributed by atoms with Crippen LogP contribution in [0.2, 0.25) is 0 Å². The molecule has 0 saturated carbocycles. The van der Waals surface area contributed by atoms with Gasteiger partial charge in [-0.25, -0.2) is 0 Å². The van der Waals surface area contributed by atoms with Crippen molar-refractivity contribution in [3.8, 4) is 0 Å². The fraction of sp³-hybridized carbons (Fsp3) is 0.682. The molecule has 1 aromatic carbocycles. The number of hydrogen-bond acceptors (Lipinski definition) is 4. The van der Waals surface area contributed by atoms with E-state index in [2.05, 4.69) is 24.0 Å². The number of ether oxygens (including phenoxy) is 2. The Morgan fingerprint density at radius 2 is 1.85 bits per heavy atom. The summed E-state index contributed by atoms with van der Waals surface area (Å²) in [6, 6.07) is 8.08.